The molecule has 1 aromatic carbocycles. The standard InChI is InChI=1S/C16H16BrN3O2/c1-3-12-14(17)15(20-19-12)18-16(21)11-7-10-6-9(2)4-5-13(10)22-8-11/h4-7H,3,8H2,1-2H3,(H2,18,19,20,21). The summed E-state index contributed by atoms with van der Waals surface area (Å²) in [5, 5.41) is 9.80. The van der Waals surface area contributed by atoms with Gasteiger partial charge in [0.2, 0.25) is 0 Å². The van der Waals surface area contributed by atoms with Crippen LogP contribution in [-0.2, 0) is 11.2 Å². The molecule has 0 aliphatic carbocycles. The van der Waals surface area contributed by atoms with E-state index in [4.69, 9.17) is 4.74 Å². The normalized spacial score (nSPS) is 13.1. The zero-order chi connectivity index (χ0) is 15.7. The third-order valence-corrected chi connectivity index (χ3v) is 4.39. The number of ether oxygens (including phenoxy) is 1. The van der Waals surface area contributed by atoms with Crippen molar-refractivity contribution < 1.29 is 9.53 Å². The summed E-state index contributed by atoms with van der Waals surface area (Å²) in [6.07, 6.45) is 2.67. The molecule has 2 N–H and O–H groups in total. The lowest BCUT2D eigenvalue weighted by molar-refractivity contribution is -0.113. The number of carbonyl (C=O) groups excluding carboxylic acids is 1. The molecule has 0 atom stereocenters. The SMILES string of the molecule is CCc1[nH]nc(NC(=O)C2=Cc3cc(C)ccc3OC2)c1Br. The van der Waals surface area contributed by atoms with Gasteiger partial charge in [-0.25, -0.2) is 0 Å². The van der Waals surface area contributed by atoms with E-state index < -0.39 is 0 Å². The van der Waals surface area contributed by atoms with Gasteiger partial charge in [-0.3, -0.25) is 9.89 Å². The van der Waals surface area contributed by atoms with Crippen LogP contribution in [0.3, 0.4) is 0 Å². The molecule has 0 radical (unpaired) electrons. The first kappa shape index (κ1) is 14.8. The van der Waals surface area contributed by atoms with E-state index in [1.165, 1.54) is 0 Å². The Bertz CT molecular complexity index is 765. The Hall–Kier alpha value is -2.08. The Balaban J connectivity index is 1.82. The topological polar surface area (TPSA) is 67.0 Å². The van der Waals surface area contributed by atoms with Gasteiger partial charge in [0.25, 0.3) is 5.91 Å². The van der Waals surface area contributed by atoms with Gasteiger partial charge in [0.1, 0.15) is 12.4 Å². The maximum absolute atomic E-state index is 12.4. The lowest BCUT2D eigenvalue weighted by Crippen LogP contribution is -2.21. The average molecular weight is 362 g/mol. The Morgan fingerprint density at radius 1 is 1.50 bits per heavy atom. The molecule has 2 heterocycles. The summed E-state index contributed by atoms with van der Waals surface area (Å²) in [6, 6.07) is 5.92. The third-order valence-electron chi connectivity index (χ3n) is 3.53. The summed E-state index contributed by atoms with van der Waals surface area (Å²) in [5.41, 5.74) is 3.57. The first-order valence-electron chi connectivity index (χ1n) is 7.06. The van der Waals surface area contributed by atoms with Crippen LogP contribution >= 0.6 is 15.9 Å². The molecule has 3 rings (SSSR count). The fraction of sp³-hybridized carbons (Fsp3) is 0.250. The molecule has 1 amide bonds. The summed E-state index contributed by atoms with van der Waals surface area (Å²) in [7, 11) is 0. The lowest BCUT2D eigenvalue weighted by Gasteiger charge is -2.17. The summed E-state index contributed by atoms with van der Waals surface area (Å²) >= 11 is 3.44. The minimum Gasteiger partial charge on any atom is -0.488 e. The quantitative estimate of drug-likeness (QED) is 0.879. The van der Waals surface area contributed by atoms with E-state index in [2.05, 4.69) is 31.4 Å². The molecule has 0 saturated heterocycles. The number of aromatic amines is 1. The highest BCUT2D eigenvalue weighted by Gasteiger charge is 2.19. The number of benzene rings is 1. The highest BCUT2D eigenvalue weighted by Crippen LogP contribution is 2.29. The number of nitrogens with zero attached hydrogens (tertiary/aromatic N) is 1. The molecule has 22 heavy (non-hydrogen) atoms. The van der Waals surface area contributed by atoms with Gasteiger partial charge < -0.3 is 10.1 Å². The van der Waals surface area contributed by atoms with Crippen molar-refractivity contribution in [3.05, 3.63) is 45.1 Å². The van der Waals surface area contributed by atoms with E-state index in [9.17, 15) is 4.79 Å². The monoisotopic (exact) mass is 361 g/mol. The number of nitrogens with one attached hydrogen (secondary N) is 2. The fourth-order valence-corrected chi connectivity index (χ4v) is 2.85. The first-order valence-corrected chi connectivity index (χ1v) is 7.86. The van der Waals surface area contributed by atoms with Gasteiger partial charge in [-0.05, 0) is 47.5 Å². The van der Waals surface area contributed by atoms with Crippen molar-refractivity contribution >= 4 is 33.7 Å². The lowest BCUT2D eigenvalue weighted by atomic mass is 10.0. The average Bonchev–Trinajstić information content (AvgIpc) is 2.86. The second kappa shape index (κ2) is 5.96. The maximum Gasteiger partial charge on any atom is 0.256 e. The summed E-state index contributed by atoms with van der Waals surface area (Å²) in [5.74, 6) is 1.09. The van der Waals surface area contributed by atoms with Crippen LogP contribution in [0, 0.1) is 6.92 Å². The van der Waals surface area contributed by atoms with Gasteiger partial charge in [-0.2, -0.15) is 5.10 Å². The van der Waals surface area contributed by atoms with Crippen LogP contribution in [0.25, 0.3) is 6.08 Å². The third kappa shape index (κ3) is 2.78. The number of rotatable bonds is 3. The second-order valence-electron chi connectivity index (χ2n) is 5.17. The predicted octanol–water partition coefficient (Wildman–Crippen LogP) is 3.46. The molecule has 0 bridgehead atoms. The summed E-state index contributed by atoms with van der Waals surface area (Å²) < 4.78 is 6.43. The van der Waals surface area contributed by atoms with Crippen LogP contribution in [0.5, 0.6) is 5.75 Å². The van der Waals surface area contributed by atoms with Crippen LogP contribution in [0.15, 0.2) is 28.2 Å². The molecule has 114 valence electrons. The number of anilines is 1. The predicted molar refractivity (Wildman–Crippen MR) is 88.9 cm³/mol. The minimum absolute atomic E-state index is 0.206. The molecule has 0 spiro atoms. The molecular weight excluding hydrogens is 346 g/mol. The van der Waals surface area contributed by atoms with E-state index in [0.29, 0.717) is 11.4 Å². The minimum atomic E-state index is -0.206. The highest BCUT2D eigenvalue weighted by atomic mass is 79.9. The van der Waals surface area contributed by atoms with Crippen LogP contribution < -0.4 is 10.1 Å². The van der Waals surface area contributed by atoms with E-state index in [1.807, 2.05) is 38.1 Å². The number of fused-ring (bicyclic) bond motifs is 1. The molecular formula is C16H16BrN3O2. The molecule has 0 unspecified atom stereocenters. The van der Waals surface area contributed by atoms with Crippen molar-refractivity contribution in [2.24, 2.45) is 0 Å². The van der Waals surface area contributed by atoms with E-state index in [1.54, 1.807) is 0 Å². The van der Waals surface area contributed by atoms with E-state index in [0.717, 1.165) is 33.5 Å². The number of aromatic nitrogens is 2. The van der Waals surface area contributed by atoms with Crippen LogP contribution in [0.4, 0.5) is 5.82 Å². The van der Waals surface area contributed by atoms with Crippen molar-refractivity contribution in [2.75, 3.05) is 11.9 Å². The van der Waals surface area contributed by atoms with Crippen LogP contribution in [0.1, 0.15) is 23.7 Å². The molecule has 6 heteroatoms. The Morgan fingerprint density at radius 3 is 3.05 bits per heavy atom. The van der Waals surface area contributed by atoms with Gasteiger partial charge >= 0.3 is 0 Å². The molecule has 0 saturated carbocycles. The van der Waals surface area contributed by atoms with Gasteiger partial charge in [0.15, 0.2) is 5.82 Å². The zero-order valence-corrected chi connectivity index (χ0v) is 14.0. The van der Waals surface area contributed by atoms with Gasteiger partial charge in [0, 0.05) is 5.56 Å². The molecule has 2 aromatic rings. The number of H-pyrrole nitrogens is 1. The van der Waals surface area contributed by atoms with E-state index in [-0.39, 0.29) is 12.5 Å². The summed E-state index contributed by atoms with van der Waals surface area (Å²) in [4.78, 5) is 12.4. The van der Waals surface area contributed by atoms with Crippen molar-refractivity contribution in [1.29, 1.82) is 0 Å². The number of amides is 1. The Kier molecular flexibility index (Phi) is 4.02. The van der Waals surface area contributed by atoms with Crippen LogP contribution in [-0.4, -0.2) is 22.7 Å². The molecule has 1 aromatic heterocycles. The zero-order valence-electron chi connectivity index (χ0n) is 12.4. The van der Waals surface area contributed by atoms with Crippen molar-refractivity contribution in [3.63, 3.8) is 0 Å². The van der Waals surface area contributed by atoms with Gasteiger partial charge in [-0.1, -0.05) is 18.6 Å². The van der Waals surface area contributed by atoms with Crippen molar-refractivity contribution in [2.45, 2.75) is 20.3 Å². The fourth-order valence-electron chi connectivity index (χ4n) is 2.30. The Labute approximate surface area is 136 Å². The van der Waals surface area contributed by atoms with Crippen molar-refractivity contribution in [1.82, 2.24) is 10.2 Å². The number of halogens is 1. The van der Waals surface area contributed by atoms with Gasteiger partial charge in [0.05, 0.1) is 15.7 Å². The molecule has 1 aliphatic heterocycles. The Morgan fingerprint density at radius 2 is 2.32 bits per heavy atom. The number of carbonyl (C=O) groups is 1. The molecule has 5 nitrogen and oxygen atoms in total. The van der Waals surface area contributed by atoms with E-state index >= 15 is 0 Å². The number of aryl methyl sites for hydroxylation is 2. The van der Waals surface area contributed by atoms with Crippen molar-refractivity contribution in [3.8, 4) is 5.75 Å². The first-order chi connectivity index (χ1) is 10.6. The van der Waals surface area contributed by atoms with Crippen LogP contribution in [0.2, 0.25) is 0 Å². The molecule has 0 fully saturated rings. The van der Waals surface area contributed by atoms with Gasteiger partial charge in [-0.15, -0.1) is 0 Å². The maximum atomic E-state index is 12.4. The smallest absolute Gasteiger partial charge is 0.256 e. The highest BCUT2D eigenvalue weighted by molar-refractivity contribution is 9.10. The second-order valence-corrected chi connectivity index (χ2v) is 5.96. The number of hydrogen-bond donors (Lipinski definition) is 2. The molecule has 1 aliphatic rings. The summed E-state index contributed by atoms with van der Waals surface area (Å²) in [6.45, 7) is 4.28. The number of hydrogen-bond acceptors (Lipinski definition) is 3. The largest absolute Gasteiger partial charge is 0.488 e.